The van der Waals surface area contributed by atoms with Crippen LogP contribution in [0.15, 0.2) is 40.1 Å². The molecule has 1 aromatic carbocycles. The molecule has 0 aliphatic rings. The molecule has 0 aliphatic carbocycles. The number of aryl methyl sites for hydroxylation is 1. The van der Waals surface area contributed by atoms with Gasteiger partial charge in [0, 0.05) is 30.0 Å². The molecule has 0 unspecified atom stereocenters. The van der Waals surface area contributed by atoms with E-state index in [9.17, 15) is 9.59 Å². The van der Waals surface area contributed by atoms with Crippen LogP contribution in [0.1, 0.15) is 5.56 Å². The Morgan fingerprint density at radius 3 is 2.67 bits per heavy atom. The van der Waals surface area contributed by atoms with Crippen LogP contribution < -0.4 is 17.0 Å². The highest BCUT2D eigenvalue weighted by molar-refractivity contribution is 6.31. The van der Waals surface area contributed by atoms with Gasteiger partial charge in [-0.15, -0.1) is 0 Å². The van der Waals surface area contributed by atoms with Crippen LogP contribution in [0.2, 0.25) is 5.02 Å². The maximum absolute atomic E-state index is 11.8. The van der Waals surface area contributed by atoms with E-state index in [0.717, 1.165) is 4.57 Å². The summed E-state index contributed by atoms with van der Waals surface area (Å²) in [5.41, 5.74) is 6.07. The van der Waals surface area contributed by atoms with E-state index in [1.807, 2.05) is 0 Å². The van der Waals surface area contributed by atoms with Gasteiger partial charge < -0.3 is 10.3 Å². The van der Waals surface area contributed by atoms with Crippen molar-refractivity contribution in [1.82, 2.24) is 9.13 Å². The van der Waals surface area contributed by atoms with Crippen molar-refractivity contribution in [2.75, 3.05) is 5.73 Å². The second-order valence-electron chi connectivity index (χ2n) is 3.98. The molecule has 2 N–H and O–H groups in total. The molecule has 0 aliphatic heterocycles. The Kier molecular flexibility index (Phi) is 3.25. The number of benzene rings is 1. The second-order valence-corrected chi connectivity index (χ2v) is 4.39. The zero-order chi connectivity index (χ0) is 13.3. The third-order valence-corrected chi connectivity index (χ3v) is 3.00. The van der Waals surface area contributed by atoms with Gasteiger partial charge in [0.15, 0.2) is 0 Å². The van der Waals surface area contributed by atoms with Crippen molar-refractivity contribution in [2.24, 2.45) is 7.05 Å². The summed E-state index contributed by atoms with van der Waals surface area (Å²) in [6.45, 7) is 0.130. The van der Waals surface area contributed by atoms with Gasteiger partial charge in [0.25, 0.3) is 5.56 Å². The predicted octanol–water partition coefficient (Wildman–Crippen LogP) is 0.831. The highest BCUT2D eigenvalue weighted by Crippen LogP contribution is 2.19. The number of aromatic nitrogens is 2. The van der Waals surface area contributed by atoms with Gasteiger partial charge in [-0.3, -0.25) is 9.36 Å². The molecule has 0 saturated heterocycles. The minimum atomic E-state index is -0.379. The van der Waals surface area contributed by atoms with E-state index in [2.05, 4.69) is 0 Å². The molecule has 0 saturated carbocycles. The zero-order valence-electron chi connectivity index (χ0n) is 9.76. The maximum Gasteiger partial charge on any atom is 0.331 e. The molecule has 5 nitrogen and oxygen atoms in total. The Bertz CT molecular complexity index is 703. The Balaban J connectivity index is 2.50. The average molecular weight is 266 g/mol. The molecule has 18 heavy (non-hydrogen) atoms. The van der Waals surface area contributed by atoms with Crippen LogP contribution in [0.4, 0.5) is 5.69 Å². The second kappa shape index (κ2) is 4.70. The quantitative estimate of drug-likeness (QED) is 0.818. The summed E-state index contributed by atoms with van der Waals surface area (Å²) in [4.78, 5) is 23.5. The summed E-state index contributed by atoms with van der Waals surface area (Å²) in [5.74, 6) is 0. The molecule has 2 rings (SSSR count). The van der Waals surface area contributed by atoms with Gasteiger partial charge in [-0.2, -0.15) is 0 Å². The highest BCUT2D eigenvalue weighted by Gasteiger charge is 2.07. The van der Waals surface area contributed by atoms with E-state index < -0.39 is 0 Å². The minimum absolute atomic E-state index is 0.130. The molecular weight excluding hydrogens is 254 g/mol. The topological polar surface area (TPSA) is 70.0 Å². The van der Waals surface area contributed by atoms with Crippen LogP contribution in [0.3, 0.4) is 0 Å². The van der Waals surface area contributed by atoms with Crippen molar-refractivity contribution >= 4 is 17.3 Å². The molecule has 0 atom stereocenters. The molecule has 0 spiro atoms. The van der Waals surface area contributed by atoms with Crippen molar-refractivity contribution < 1.29 is 0 Å². The van der Waals surface area contributed by atoms with Crippen LogP contribution in [-0.2, 0) is 13.6 Å². The van der Waals surface area contributed by atoms with Gasteiger partial charge in [-0.05, 0) is 17.7 Å². The highest BCUT2D eigenvalue weighted by atomic mass is 35.5. The molecule has 0 radical (unpaired) electrons. The molecule has 1 heterocycles. The number of halogens is 1. The van der Waals surface area contributed by atoms with Crippen LogP contribution in [0.5, 0.6) is 0 Å². The third kappa shape index (κ3) is 2.31. The summed E-state index contributed by atoms with van der Waals surface area (Å²) in [6.07, 6.45) is 1.44. The van der Waals surface area contributed by atoms with Gasteiger partial charge in [0.2, 0.25) is 0 Å². The normalized spacial score (nSPS) is 10.6. The van der Waals surface area contributed by atoms with E-state index >= 15 is 0 Å². The van der Waals surface area contributed by atoms with Crippen LogP contribution in [-0.4, -0.2) is 9.13 Å². The Morgan fingerprint density at radius 2 is 2.00 bits per heavy atom. The molecule has 0 fully saturated rings. The van der Waals surface area contributed by atoms with Gasteiger partial charge in [-0.1, -0.05) is 17.7 Å². The molecule has 1 aromatic heterocycles. The average Bonchev–Trinajstić information content (AvgIpc) is 2.32. The lowest BCUT2D eigenvalue weighted by Crippen LogP contribution is -2.38. The fraction of sp³-hybridized carbons (Fsp3) is 0.167. The van der Waals surface area contributed by atoms with Crippen molar-refractivity contribution in [2.45, 2.75) is 6.54 Å². The van der Waals surface area contributed by atoms with Crippen molar-refractivity contribution in [3.8, 4) is 0 Å². The number of rotatable bonds is 2. The van der Waals surface area contributed by atoms with E-state index in [0.29, 0.717) is 16.3 Å². The number of nitrogens with two attached hydrogens (primary N) is 1. The maximum atomic E-state index is 11.8. The van der Waals surface area contributed by atoms with Gasteiger partial charge in [0.1, 0.15) is 0 Å². The van der Waals surface area contributed by atoms with Crippen LogP contribution in [0, 0.1) is 0 Å². The molecule has 0 bridgehead atoms. The molecule has 0 amide bonds. The lowest BCUT2D eigenvalue weighted by Gasteiger charge is -2.08. The number of nitrogen functional groups attached to an aromatic ring is 1. The smallest absolute Gasteiger partial charge is 0.331 e. The molecular formula is C12H12ClN3O2. The summed E-state index contributed by atoms with van der Waals surface area (Å²) in [7, 11) is 1.59. The largest absolute Gasteiger partial charge is 0.399 e. The van der Waals surface area contributed by atoms with Gasteiger partial charge in [-0.25, -0.2) is 4.79 Å². The monoisotopic (exact) mass is 265 g/mol. The summed E-state index contributed by atoms with van der Waals surface area (Å²) >= 11 is 6.02. The number of nitrogens with zero attached hydrogens (tertiary/aromatic N) is 2. The Labute approximate surface area is 108 Å². The van der Waals surface area contributed by atoms with E-state index in [-0.39, 0.29) is 17.8 Å². The third-order valence-electron chi connectivity index (χ3n) is 2.64. The predicted molar refractivity (Wildman–Crippen MR) is 70.9 cm³/mol. The number of anilines is 1. The standard InChI is InChI=1S/C12H12ClN3O2/c1-15-5-4-11(17)16(12(15)18)7-8-2-3-9(14)6-10(8)13/h2-6H,7,14H2,1H3. The minimum Gasteiger partial charge on any atom is -0.399 e. The van der Waals surface area contributed by atoms with E-state index in [1.165, 1.54) is 16.8 Å². The molecule has 6 heteroatoms. The Hall–Kier alpha value is -2.01. The first-order chi connectivity index (χ1) is 8.49. The molecule has 2 aromatic rings. The van der Waals surface area contributed by atoms with Gasteiger partial charge >= 0.3 is 5.69 Å². The van der Waals surface area contributed by atoms with Crippen LogP contribution in [0.25, 0.3) is 0 Å². The van der Waals surface area contributed by atoms with Gasteiger partial charge in [0.05, 0.1) is 6.54 Å². The summed E-state index contributed by atoms with van der Waals surface area (Å²) < 4.78 is 2.46. The fourth-order valence-electron chi connectivity index (χ4n) is 1.62. The van der Waals surface area contributed by atoms with Crippen molar-refractivity contribution in [3.63, 3.8) is 0 Å². The first-order valence-electron chi connectivity index (χ1n) is 5.29. The van der Waals surface area contributed by atoms with E-state index in [4.69, 9.17) is 17.3 Å². The lowest BCUT2D eigenvalue weighted by atomic mass is 10.2. The number of hydrogen-bond donors (Lipinski definition) is 1. The SMILES string of the molecule is Cn1ccc(=O)n(Cc2ccc(N)cc2Cl)c1=O. The molecule has 94 valence electrons. The summed E-state index contributed by atoms with van der Waals surface area (Å²) in [5, 5.41) is 0.438. The first-order valence-corrected chi connectivity index (χ1v) is 5.67. The summed E-state index contributed by atoms with van der Waals surface area (Å²) in [6, 6.07) is 6.32. The Morgan fingerprint density at radius 1 is 1.28 bits per heavy atom. The number of hydrogen-bond acceptors (Lipinski definition) is 3. The zero-order valence-corrected chi connectivity index (χ0v) is 10.5. The van der Waals surface area contributed by atoms with E-state index in [1.54, 1.807) is 25.2 Å². The lowest BCUT2D eigenvalue weighted by molar-refractivity contribution is 0.640. The van der Waals surface area contributed by atoms with Crippen molar-refractivity contribution in [1.29, 1.82) is 0 Å². The van der Waals surface area contributed by atoms with Crippen molar-refractivity contribution in [3.05, 3.63) is 61.9 Å². The van der Waals surface area contributed by atoms with Crippen LogP contribution >= 0.6 is 11.6 Å². The fourth-order valence-corrected chi connectivity index (χ4v) is 1.87. The first kappa shape index (κ1) is 12.4.